The van der Waals surface area contributed by atoms with E-state index in [-0.39, 0.29) is 5.95 Å². The van der Waals surface area contributed by atoms with Crippen LogP contribution in [-0.2, 0) is 0 Å². The number of hydrogen-bond acceptors (Lipinski definition) is 7. The molecule has 106 valence electrons. The molecular weight excluding hydrogens is 256 g/mol. The summed E-state index contributed by atoms with van der Waals surface area (Å²) in [6, 6.07) is 0. The van der Waals surface area contributed by atoms with Gasteiger partial charge in [-0.3, -0.25) is 0 Å². The number of anilines is 2. The number of nitrogens with two attached hydrogens (primary N) is 1. The molecule has 1 saturated carbocycles. The molecule has 0 spiro atoms. The largest absolute Gasteiger partial charge is 0.368 e. The van der Waals surface area contributed by atoms with Crippen LogP contribution in [0.3, 0.4) is 0 Å². The molecule has 8 heteroatoms. The van der Waals surface area contributed by atoms with Crippen molar-refractivity contribution < 1.29 is 0 Å². The summed E-state index contributed by atoms with van der Waals surface area (Å²) in [6.07, 6.45) is 6.60. The lowest BCUT2D eigenvalue weighted by Gasteiger charge is -2.22. The summed E-state index contributed by atoms with van der Waals surface area (Å²) in [5, 5.41) is 4.03. The van der Waals surface area contributed by atoms with Crippen molar-refractivity contribution in [1.29, 1.82) is 0 Å². The fourth-order valence-electron chi connectivity index (χ4n) is 2.08. The van der Waals surface area contributed by atoms with E-state index >= 15 is 0 Å². The molecule has 2 heterocycles. The maximum atomic E-state index is 5.80. The van der Waals surface area contributed by atoms with Gasteiger partial charge in [0, 0.05) is 13.1 Å². The highest BCUT2D eigenvalue weighted by molar-refractivity contribution is 5.37. The van der Waals surface area contributed by atoms with Crippen LogP contribution in [0.4, 0.5) is 11.9 Å². The maximum absolute atomic E-state index is 5.80. The topological polar surface area (TPSA) is 98.6 Å². The Hall–Kier alpha value is -2.25. The fourth-order valence-corrected chi connectivity index (χ4v) is 2.08. The first-order valence-electron chi connectivity index (χ1n) is 6.87. The van der Waals surface area contributed by atoms with Gasteiger partial charge >= 0.3 is 0 Å². The minimum Gasteiger partial charge on any atom is -0.368 e. The molecule has 8 nitrogen and oxygen atoms in total. The lowest BCUT2D eigenvalue weighted by Crippen LogP contribution is -2.29. The predicted molar refractivity (Wildman–Crippen MR) is 74.4 cm³/mol. The van der Waals surface area contributed by atoms with Crippen LogP contribution in [0, 0.1) is 5.92 Å². The minimum absolute atomic E-state index is 0.206. The normalized spacial score (nSPS) is 14.4. The molecule has 0 atom stereocenters. The Bertz CT molecular complexity index is 563. The Morgan fingerprint density at radius 1 is 1.35 bits per heavy atom. The van der Waals surface area contributed by atoms with Crippen LogP contribution < -0.4 is 10.6 Å². The Labute approximate surface area is 117 Å². The molecule has 0 unspecified atom stereocenters. The first-order chi connectivity index (χ1) is 9.76. The summed E-state index contributed by atoms with van der Waals surface area (Å²) >= 11 is 0. The zero-order valence-corrected chi connectivity index (χ0v) is 11.5. The quantitative estimate of drug-likeness (QED) is 0.826. The first kappa shape index (κ1) is 12.8. The lowest BCUT2D eigenvalue weighted by atomic mass is 10.3. The number of rotatable bonds is 6. The second-order valence-corrected chi connectivity index (χ2v) is 5.02. The van der Waals surface area contributed by atoms with E-state index < -0.39 is 0 Å². The molecule has 2 N–H and O–H groups in total. The molecule has 0 bridgehead atoms. The first-order valence-corrected chi connectivity index (χ1v) is 6.87. The molecule has 0 radical (unpaired) electrons. The van der Waals surface area contributed by atoms with E-state index in [1.54, 1.807) is 6.33 Å². The third-order valence-corrected chi connectivity index (χ3v) is 3.20. The molecule has 1 aliphatic rings. The average molecular weight is 274 g/mol. The van der Waals surface area contributed by atoms with Crippen LogP contribution in [-0.4, -0.2) is 42.8 Å². The molecule has 3 rings (SSSR count). The highest BCUT2D eigenvalue weighted by atomic mass is 15.4. The van der Waals surface area contributed by atoms with Gasteiger partial charge in [0.15, 0.2) is 0 Å². The molecule has 1 fully saturated rings. The van der Waals surface area contributed by atoms with Crippen LogP contribution in [0.15, 0.2) is 12.7 Å². The van der Waals surface area contributed by atoms with E-state index in [0.29, 0.717) is 11.9 Å². The van der Waals surface area contributed by atoms with Crippen molar-refractivity contribution in [2.75, 3.05) is 23.7 Å². The summed E-state index contributed by atoms with van der Waals surface area (Å²) in [5.41, 5.74) is 5.80. The third-order valence-electron chi connectivity index (χ3n) is 3.20. The number of hydrogen-bond donors (Lipinski definition) is 1. The van der Waals surface area contributed by atoms with Crippen molar-refractivity contribution in [3.63, 3.8) is 0 Å². The summed E-state index contributed by atoms with van der Waals surface area (Å²) < 4.78 is 1.49. The molecule has 20 heavy (non-hydrogen) atoms. The van der Waals surface area contributed by atoms with Gasteiger partial charge in [-0.25, -0.2) is 4.98 Å². The maximum Gasteiger partial charge on any atom is 0.258 e. The smallest absolute Gasteiger partial charge is 0.258 e. The average Bonchev–Trinajstić information content (AvgIpc) is 3.08. The van der Waals surface area contributed by atoms with Gasteiger partial charge < -0.3 is 10.6 Å². The molecule has 2 aromatic rings. The van der Waals surface area contributed by atoms with Crippen molar-refractivity contribution in [3.05, 3.63) is 12.7 Å². The zero-order chi connectivity index (χ0) is 13.9. The Kier molecular flexibility index (Phi) is 3.44. The van der Waals surface area contributed by atoms with Gasteiger partial charge in [0.25, 0.3) is 5.95 Å². The van der Waals surface area contributed by atoms with E-state index in [9.17, 15) is 0 Å². The predicted octanol–water partition coefficient (Wildman–Crippen LogP) is 0.661. The summed E-state index contributed by atoms with van der Waals surface area (Å²) in [6.45, 7) is 4.04. The van der Waals surface area contributed by atoms with Crippen LogP contribution in [0.2, 0.25) is 0 Å². The third kappa shape index (κ3) is 2.84. The molecule has 2 aromatic heterocycles. The zero-order valence-electron chi connectivity index (χ0n) is 11.5. The highest BCUT2D eigenvalue weighted by Crippen LogP contribution is 2.30. The summed E-state index contributed by atoms with van der Waals surface area (Å²) in [7, 11) is 0. The van der Waals surface area contributed by atoms with Crippen molar-refractivity contribution >= 4 is 11.9 Å². The number of nitrogen functional groups attached to an aromatic ring is 1. The summed E-state index contributed by atoms with van der Waals surface area (Å²) in [5.74, 6) is 1.99. The molecular formula is C12H18N8. The number of aromatic nitrogens is 6. The molecule has 0 aromatic carbocycles. The van der Waals surface area contributed by atoms with E-state index in [0.717, 1.165) is 25.4 Å². The van der Waals surface area contributed by atoms with Gasteiger partial charge in [0.2, 0.25) is 11.9 Å². The van der Waals surface area contributed by atoms with E-state index in [1.165, 1.54) is 23.9 Å². The highest BCUT2D eigenvalue weighted by Gasteiger charge is 2.25. The Balaban J connectivity index is 1.90. The Morgan fingerprint density at radius 2 is 2.20 bits per heavy atom. The van der Waals surface area contributed by atoms with E-state index in [2.05, 4.69) is 36.9 Å². The molecule has 0 aliphatic heterocycles. The van der Waals surface area contributed by atoms with Gasteiger partial charge in [-0.05, 0) is 25.2 Å². The molecule has 0 amide bonds. The second-order valence-electron chi connectivity index (χ2n) is 5.02. The van der Waals surface area contributed by atoms with E-state index in [4.69, 9.17) is 5.73 Å². The molecule has 1 aliphatic carbocycles. The number of nitrogens with zero attached hydrogens (tertiary/aromatic N) is 7. The van der Waals surface area contributed by atoms with Gasteiger partial charge in [0.1, 0.15) is 12.7 Å². The van der Waals surface area contributed by atoms with Crippen LogP contribution >= 0.6 is 0 Å². The van der Waals surface area contributed by atoms with Crippen LogP contribution in [0.1, 0.15) is 26.2 Å². The van der Waals surface area contributed by atoms with Crippen molar-refractivity contribution in [2.24, 2.45) is 5.92 Å². The molecule has 0 saturated heterocycles. The minimum atomic E-state index is 0.206. The lowest BCUT2D eigenvalue weighted by molar-refractivity contribution is 0.679. The van der Waals surface area contributed by atoms with E-state index in [1.807, 2.05) is 0 Å². The fraction of sp³-hybridized carbons (Fsp3) is 0.583. The van der Waals surface area contributed by atoms with Crippen molar-refractivity contribution in [2.45, 2.75) is 26.2 Å². The standard InChI is InChI=1S/C12H18N8/c1-2-5-19(6-9-3-4-9)11-16-10(13)17-12(18-11)20-8-14-7-15-20/h7-9H,2-6H2,1H3,(H2,13,16,17,18). The van der Waals surface area contributed by atoms with Crippen molar-refractivity contribution in [1.82, 2.24) is 29.7 Å². The van der Waals surface area contributed by atoms with Crippen LogP contribution in [0.25, 0.3) is 5.95 Å². The summed E-state index contributed by atoms with van der Waals surface area (Å²) in [4.78, 5) is 18.9. The van der Waals surface area contributed by atoms with Gasteiger partial charge in [-0.1, -0.05) is 6.92 Å². The van der Waals surface area contributed by atoms with Gasteiger partial charge in [-0.2, -0.15) is 24.7 Å². The SMILES string of the molecule is CCCN(CC1CC1)c1nc(N)nc(-n2cncn2)n1. The monoisotopic (exact) mass is 274 g/mol. The van der Waals surface area contributed by atoms with Gasteiger partial charge in [0.05, 0.1) is 0 Å². The second kappa shape index (κ2) is 5.40. The van der Waals surface area contributed by atoms with Gasteiger partial charge in [-0.15, -0.1) is 0 Å². The van der Waals surface area contributed by atoms with Crippen molar-refractivity contribution in [3.8, 4) is 5.95 Å². The Morgan fingerprint density at radius 3 is 2.85 bits per heavy atom. The van der Waals surface area contributed by atoms with Crippen LogP contribution in [0.5, 0.6) is 0 Å².